The van der Waals surface area contributed by atoms with Crippen LogP contribution in [0.4, 0.5) is 17.6 Å². The molecule has 8 heteroatoms. The van der Waals surface area contributed by atoms with Crippen molar-refractivity contribution in [3.63, 3.8) is 0 Å². The molecule has 1 aromatic carbocycles. The van der Waals surface area contributed by atoms with Gasteiger partial charge in [-0.25, -0.2) is 0 Å². The molecule has 148 valence electrons. The van der Waals surface area contributed by atoms with Gasteiger partial charge in [0.1, 0.15) is 11.5 Å². The molecule has 0 saturated heterocycles. The molecule has 1 saturated carbocycles. The number of rotatable bonds is 7. The maximum Gasteiger partial charge on any atom is 0.387 e. The Balaban J connectivity index is 1.76. The molecule has 1 aromatic rings. The monoisotopic (exact) mass is 386 g/mol. The number of benzene rings is 1. The third-order valence-electron chi connectivity index (χ3n) is 6.08. The second-order valence-electron chi connectivity index (χ2n) is 7.61. The molecule has 2 atom stereocenters. The van der Waals surface area contributed by atoms with E-state index in [1.54, 1.807) is 0 Å². The Hall–Kier alpha value is -2.25. The number of hydrogen-bond acceptors (Lipinski definition) is 4. The van der Waals surface area contributed by atoms with Gasteiger partial charge in [0.2, 0.25) is 0 Å². The number of hydrogen-bond donors (Lipinski definition) is 1. The predicted octanol–water partition coefficient (Wildman–Crippen LogP) is 5.15. The third kappa shape index (κ3) is 3.61. The summed E-state index contributed by atoms with van der Waals surface area (Å²) in [6, 6.07) is 3.56. The van der Waals surface area contributed by atoms with E-state index in [0.29, 0.717) is 5.92 Å². The molecule has 0 aromatic heterocycles. The number of ether oxygens (including phenoxy) is 2. The summed E-state index contributed by atoms with van der Waals surface area (Å²) in [5.41, 5.74) is 4.36. The predicted molar refractivity (Wildman–Crippen MR) is 93.1 cm³/mol. The van der Waals surface area contributed by atoms with E-state index >= 15 is 0 Å². The zero-order valence-electron chi connectivity index (χ0n) is 15.3. The fourth-order valence-electron chi connectivity index (χ4n) is 4.02. The van der Waals surface area contributed by atoms with Crippen LogP contribution in [0.5, 0.6) is 11.5 Å². The molecule has 4 nitrogen and oxygen atoms in total. The van der Waals surface area contributed by atoms with Crippen molar-refractivity contribution < 1.29 is 27.0 Å². The second kappa shape index (κ2) is 7.05. The lowest BCUT2D eigenvalue weighted by Gasteiger charge is -2.36. The van der Waals surface area contributed by atoms with E-state index in [2.05, 4.69) is 46.8 Å². The first-order valence-corrected chi connectivity index (χ1v) is 8.68. The number of nitrogens with one attached hydrogen (secondary N) is 1. The number of allylic oxidation sites excluding steroid dienone is 2. The topological polar surface area (TPSA) is 42.9 Å². The summed E-state index contributed by atoms with van der Waals surface area (Å²) in [5.74, 6) is -0.0818. The Morgan fingerprint density at radius 3 is 2.41 bits per heavy atom. The fourth-order valence-corrected chi connectivity index (χ4v) is 4.02. The van der Waals surface area contributed by atoms with Crippen molar-refractivity contribution in [2.75, 3.05) is 0 Å². The minimum Gasteiger partial charge on any atom is -0.435 e. The van der Waals surface area contributed by atoms with Crippen molar-refractivity contribution in [3.05, 3.63) is 35.5 Å². The minimum absolute atomic E-state index is 0.0216. The number of hydrazone groups is 1. The standard InChI is InChI=1S/C19H22F4N2O2/c1-18(2)12-6-7-19(18,3)15(8-12)25-24-10-11-4-5-13(26-16(20)21)9-14(11)27-17(22)23/h4-5,8-10,12,16-17,25H,6-7H2,1-3H3/b24-10-/t12-,19+/m0/s1. The van der Waals surface area contributed by atoms with Crippen molar-refractivity contribution in [2.45, 2.75) is 46.8 Å². The first kappa shape index (κ1) is 19.5. The van der Waals surface area contributed by atoms with Gasteiger partial charge in [-0.3, -0.25) is 5.43 Å². The molecule has 1 fully saturated rings. The number of nitrogens with zero attached hydrogens (tertiary/aromatic N) is 1. The second-order valence-corrected chi connectivity index (χ2v) is 7.61. The van der Waals surface area contributed by atoms with Gasteiger partial charge in [-0.2, -0.15) is 22.7 Å². The molecule has 0 amide bonds. The van der Waals surface area contributed by atoms with Crippen molar-refractivity contribution >= 4 is 6.21 Å². The molecule has 0 aliphatic heterocycles. The summed E-state index contributed by atoms with van der Waals surface area (Å²) in [6.07, 6.45) is 5.69. The summed E-state index contributed by atoms with van der Waals surface area (Å²) in [6.45, 7) is 0.501. The van der Waals surface area contributed by atoms with E-state index in [1.807, 2.05) is 0 Å². The lowest BCUT2D eigenvalue weighted by Crippen LogP contribution is -2.33. The lowest BCUT2D eigenvalue weighted by atomic mass is 9.69. The molecule has 0 radical (unpaired) electrons. The average Bonchev–Trinajstić information content (AvgIpc) is 2.89. The zero-order chi connectivity index (χ0) is 19.8. The Morgan fingerprint density at radius 1 is 1.15 bits per heavy atom. The van der Waals surface area contributed by atoms with Gasteiger partial charge in [0.05, 0.1) is 6.21 Å². The van der Waals surface area contributed by atoms with Crippen LogP contribution in [0.2, 0.25) is 0 Å². The highest BCUT2D eigenvalue weighted by atomic mass is 19.3. The molecule has 2 bridgehead atoms. The van der Waals surface area contributed by atoms with Gasteiger partial charge < -0.3 is 9.47 Å². The van der Waals surface area contributed by atoms with Gasteiger partial charge in [0.25, 0.3) is 0 Å². The molecule has 2 aliphatic carbocycles. The number of fused-ring (bicyclic) bond motifs is 2. The van der Waals surface area contributed by atoms with E-state index in [0.717, 1.165) is 24.6 Å². The SMILES string of the molecule is CC1(C)[C@@H]2C=C(N/N=C\c3ccc(OC(F)F)cc3OC(F)F)[C@@]1(C)CC2. The maximum absolute atomic E-state index is 12.6. The van der Waals surface area contributed by atoms with Crippen LogP contribution in [0, 0.1) is 16.7 Å². The van der Waals surface area contributed by atoms with E-state index in [4.69, 9.17) is 0 Å². The molecular weight excluding hydrogens is 364 g/mol. The van der Waals surface area contributed by atoms with Crippen molar-refractivity contribution in [1.82, 2.24) is 5.43 Å². The van der Waals surface area contributed by atoms with Crippen LogP contribution in [-0.2, 0) is 0 Å². The van der Waals surface area contributed by atoms with Gasteiger partial charge in [-0.05, 0) is 36.3 Å². The number of halogens is 4. The summed E-state index contributed by atoms with van der Waals surface area (Å²) in [4.78, 5) is 0. The summed E-state index contributed by atoms with van der Waals surface area (Å²) in [7, 11) is 0. The van der Waals surface area contributed by atoms with Crippen LogP contribution in [0.25, 0.3) is 0 Å². The highest BCUT2D eigenvalue weighted by molar-refractivity contribution is 5.83. The van der Waals surface area contributed by atoms with Crippen LogP contribution in [0.15, 0.2) is 35.1 Å². The van der Waals surface area contributed by atoms with Crippen LogP contribution >= 0.6 is 0 Å². The van der Waals surface area contributed by atoms with Gasteiger partial charge in [0.15, 0.2) is 0 Å². The van der Waals surface area contributed by atoms with Gasteiger partial charge in [-0.15, -0.1) is 0 Å². The molecule has 2 aliphatic rings. The maximum atomic E-state index is 12.6. The molecule has 1 N–H and O–H groups in total. The van der Waals surface area contributed by atoms with Gasteiger partial charge in [0, 0.05) is 22.7 Å². The smallest absolute Gasteiger partial charge is 0.387 e. The highest BCUT2D eigenvalue weighted by Crippen LogP contribution is 2.64. The Bertz CT molecular complexity index is 764. The number of alkyl halides is 4. The van der Waals surface area contributed by atoms with E-state index in [9.17, 15) is 17.6 Å². The van der Waals surface area contributed by atoms with Crippen LogP contribution < -0.4 is 14.9 Å². The normalized spacial score (nSPS) is 26.1. The van der Waals surface area contributed by atoms with E-state index in [-0.39, 0.29) is 27.9 Å². The van der Waals surface area contributed by atoms with Gasteiger partial charge in [-0.1, -0.05) is 26.8 Å². The third-order valence-corrected chi connectivity index (χ3v) is 6.08. The van der Waals surface area contributed by atoms with Crippen molar-refractivity contribution in [2.24, 2.45) is 21.8 Å². The Kier molecular flexibility index (Phi) is 5.10. The molecular formula is C19H22F4N2O2. The fraction of sp³-hybridized carbons (Fsp3) is 0.526. The molecule has 0 spiro atoms. The largest absolute Gasteiger partial charge is 0.435 e. The highest BCUT2D eigenvalue weighted by Gasteiger charge is 2.57. The molecule has 0 unspecified atom stereocenters. The Morgan fingerprint density at radius 2 is 1.85 bits per heavy atom. The van der Waals surface area contributed by atoms with E-state index in [1.165, 1.54) is 18.3 Å². The Labute approximate surface area is 155 Å². The van der Waals surface area contributed by atoms with E-state index < -0.39 is 13.2 Å². The molecule has 0 heterocycles. The molecule has 27 heavy (non-hydrogen) atoms. The minimum atomic E-state index is -3.10. The van der Waals surface area contributed by atoms with Crippen LogP contribution in [0.3, 0.4) is 0 Å². The quantitative estimate of drug-likeness (QED) is 0.400. The summed E-state index contributed by atoms with van der Waals surface area (Å²) >= 11 is 0. The van der Waals surface area contributed by atoms with Crippen LogP contribution in [0.1, 0.15) is 39.2 Å². The first-order valence-electron chi connectivity index (χ1n) is 8.68. The van der Waals surface area contributed by atoms with Crippen molar-refractivity contribution in [3.8, 4) is 11.5 Å². The van der Waals surface area contributed by atoms with Gasteiger partial charge >= 0.3 is 13.2 Å². The van der Waals surface area contributed by atoms with Crippen molar-refractivity contribution in [1.29, 1.82) is 0 Å². The zero-order valence-corrected chi connectivity index (χ0v) is 15.3. The summed E-state index contributed by atoms with van der Waals surface area (Å²) < 4.78 is 58.5. The first-order chi connectivity index (χ1) is 12.6. The van der Waals surface area contributed by atoms with Crippen LogP contribution in [-0.4, -0.2) is 19.4 Å². The lowest BCUT2D eigenvalue weighted by molar-refractivity contribution is -0.0543. The molecule has 3 rings (SSSR count). The summed E-state index contributed by atoms with van der Waals surface area (Å²) in [5, 5.41) is 4.15. The average molecular weight is 386 g/mol.